The Labute approximate surface area is 61.6 Å². The van der Waals surface area contributed by atoms with Crippen LogP contribution in [0.5, 0.6) is 0 Å². The molecule has 56 valence electrons. The SMILES string of the molecule is C=C(C)/C=C\C[C@@H](C)N=O. The molecule has 0 saturated heterocycles. The Kier molecular flexibility index (Phi) is 4.46. The van der Waals surface area contributed by atoms with Crippen molar-refractivity contribution in [3.63, 3.8) is 0 Å². The third-order valence-electron chi connectivity index (χ3n) is 1.06. The molecule has 0 spiro atoms. The van der Waals surface area contributed by atoms with E-state index in [1.165, 1.54) is 0 Å². The first-order chi connectivity index (χ1) is 4.66. The van der Waals surface area contributed by atoms with Gasteiger partial charge in [-0.25, -0.2) is 0 Å². The van der Waals surface area contributed by atoms with E-state index >= 15 is 0 Å². The summed E-state index contributed by atoms with van der Waals surface area (Å²) in [6.45, 7) is 7.38. The van der Waals surface area contributed by atoms with E-state index in [0.717, 1.165) is 5.57 Å². The Morgan fingerprint density at radius 2 is 2.40 bits per heavy atom. The van der Waals surface area contributed by atoms with Gasteiger partial charge in [-0.3, -0.25) is 0 Å². The Morgan fingerprint density at radius 1 is 1.80 bits per heavy atom. The van der Waals surface area contributed by atoms with E-state index in [1.54, 1.807) is 6.92 Å². The fraction of sp³-hybridized carbons (Fsp3) is 0.500. The van der Waals surface area contributed by atoms with E-state index in [1.807, 2.05) is 19.1 Å². The van der Waals surface area contributed by atoms with Crippen LogP contribution < -0.4 is 0 Å². The van der Waals surface area contributed by atoms with Gasteiger partial charge in [0, 0.05) is 0 Å². The van der Waals surface area contributed by atoms with Crippen molar-refractivity contribution in [3.8, 4) is 0 Å². The highest BCUT2D eigenvalue weighted by molar-refractivity contribution is 5.10. The van der Waals surface area contributed by atoms with Crippen LogP contribution in [0.2, 0.25) is 0 Å². The predicted octanol–water partition coefficient (Wildman–Crippen LogP) is 2.66. The topological polar surface area (TPSA) is 29.4 Å². The second-order valence-electron chi connectivity index (χ2n) is 2.44. The van der Waals surface area contributed by atoms with E-state index in [-0.39, 0.29) is 6.04 Å². The maximum atomic E-state index is 9.87. The van der Waals surface area contributed by atoms with Gasteiger partial charge in [0.2, 0.25) is 0 Å². The number of allylic oxidation sites excluding steroid dienone is 2. The highest BCUT2D eigenvalue weighted by atomic mass is 16.3. The average Bonchev–Trinajstić information content (AvgIpc) is 1.87. The Hall–Kier alpha value is -0.920. The molecule has 10 heavy (non-hydrogen) atoms. The zero-order chi connectivity index (χ0) is 7.98. The molecule has 0 bridgehead atoms. The fourth-order valence-electron chi connectivity index (χ4n) is 0.509. The third-order valence-corrected chi connectivity index (χ3v) is 1.06. The molecule has 0 amide bonds. The molecule has 2 heteroatoms. The van der Waals surface area contributed by atoms with Crippen LogP contribution in [0.4, 0.5) is 0 Å². The van der Waals surface area contributed by atoms with Crippen molar-refractivity contribution in [2.45, 2.75) is 26.3 Å². The average molecular weight is 139 g/mol. The largest absolute Gasteiger partial charge is 0.151 e. The second-order valence-corrected chi connectivity index (χ2v) is 2.44. The van der Waals surface area contributed by atoms with E-state index < -0.39 is 0 Å². The van der Waals surface area contributed by atoms with Crippen LogP contribution in [0.1, 0.15) is 20.3 Å². The van der Waals surface area contributed by atoms with Crippen LogP contribution in [0.25, 0.3) is 0 Å². The molecular formula is C8H13NO. The summed E-state index contributed by atoms with van der Waals surface area (Å²) in [5.41, 5.74) is 0.998. The molecule has 2 nitrogen and oxygen atoms in total. The lowest BCUT2D eigenvalue weighted by molar-refractivity contribution is 0.752. The predicted molar refractivity (Wildman–Crippen MR) is 43.8 cm³/mol. The number of nitrogens with zero attached hydrogens (tertiary/aromatic N) is 1. The van der Waals surface area contributed by atoms with Crippen molar-refractivity contribution in [1.82, 2.24) is 0 Å². The van der Waals surface area contributed by atoms with E-state index in [9.17, 15) is 4.91 Å². The molecule has 0 aromatic rings. The quantitative estimate of drug-likeness (QED) is 0.435. The number of nitroso groups, excluding NO2 is 1. The molecule has 1 atom stereocenters. The van der Waals surface area contributed by atoms with E-state index in [0.29, 0.717) is 6.42 Å². The molecule has 0 unspecified atom stereocenters. The molecule has 0 rings (SSSR count). The minimum absolute atomic E-state index is 0.115. The molecule has 0 fully saturated rings. The zero-order valence-corrected chi connectivity index (χ0v) is 6.50. The second kappa shape index (κ2) is 4.91. The summed E-state index contributed by atoms with van der Waals surface area (Å²) >= 11 is 0. The smallest absolute Gasteiger partial charge is 0.0926 e. The molecule has 0 N–H and O–H groups in total. The van der Waals surface area contributed by atoms with E-state index in [2.05, 4.69) is 11.8 Å². The fourth-order valence-corrected chi connectivity index (χ4v) is 0.509. The first-order valence-corrected chi connectivity index (χ1v) is 3.31. The number of hydrogen-bond donors (Lipinski definition) is 0. The number of rotatable bonds is 4. The van der Waals surface area contributed by atoms with Gasteiger partial charge in [-0.05, 0) is 20.3 Å². The summed E-state index contributed by atoms with van der Waals surface area (Å²) in [5.74, 6) is 0. The van der Waals surface area contributed by atoms with Crippen LogP contribution in [0.3, 0.4) is 0 Å². The van der Waals surface area contributed by atoms with Crippen molar-refractivity contribution < 1.29 is 0 Å². The highest BCUT2D eigenvalue weighted by Gasteiger charge is 1.94. The highest BCUT2D eigenvalue weighted by Crippen LogP contribution is 1.98. The Morgan fingerprint density at radius 3 is 2.80 bits per heavy atom. The summed E-state index contributed by atoms with van der Waals surface area (Å²) in [4.78, 5) is 9.87. The van der Waals surface area contributed by atoms with Gasteiger partial charge >= 0.3 is 0 Å². The van der Waals surface area contributed by atoms with Crippen LogP contribution in [-0.4, -0.2) is 6.04 Å². The first-order valence-electron chi connectivity index (χ1n) is 3.31. The summed E-state index contributed by atoms with van der Waals surface area (Å²) in [6.07, 6.45) is 4.51. The summed E-state index contributed by atoms with van der Waals surface area (Å²) in [5, 5.41) is 2.85. The maximum absolute atomic E-state index is 9.87. The van der Waals surface area contributed by atoms with Crippen LogP contribution in [-0.2, 0) is 0 Å². The molecule has 0 aromatic carbocycles. The van der Waals surface area contributed by atoms with Gasteiger partial charge in [0.25, 0.3) is 0 Å². The van der Waals surface area contributed by atoms with Gasteiger partial charge < -0.3 is 0 Å². The zero-order valence-electron chi connectivity index (χ0n) is 6.50. The summed E-state index contributed by atoms with van der Waals surface area (Å²) in [6, 6.07) is -0.115. The van der Waals surface area contributed by atoms with Gasteiger partial charge in [-0.1, -0.05) is 29.5 Å². The molecule has 0 aromatic heterocycles. The van der Waals surface area contributed by atoms with Crippen LogP contribution in [0, 0.1) is 4.91 Å². The van der Waals surface area contributed by atoms with Crippen molar-refractivity contribution >= 4 is 0 Å². The van der Waals surface area contributed by atoms with Gasteiger partial charge in [-0.2, -0.15) is 4.91 Å². The molecule has 0 radical (unpaired) electrons. The molecular weight excluding hydrogens is 126 g/mol. The molecule has 0 saturated carbocycles. The van der Waals surface area contributed by atoms with Crippen molar-refractivity contribution in [2.75, 3.05) is 0 Å². The van der Waals surface area contributed by atoms with Crippen molar-refractivity contribution in [1.29, 1.82) is 0 Å². The van der Waals surface area contributed by atoms with Crippen LogP contribution >= 0.6 is 0 Å². The molecule has 0 aliphatic carbocycles. The Bertz CT molecular complexity index is 149. The lowest BCUT2D eigenvalue weighted by Crippen LogP contribution is -1.91. The maximum Gasteiger partial charge on any atom is 0.0926 e. The van der Waals surface area contributed by atoms with Gasteiger partial charge in [-0.15, -0.1) is 0 Å². The lowest BCUT2D eigenvalue weighted by Gasteiger charge is -1.93. The Balaban J connectivity index is 3.52. The molecule has 0 aliphatic heterocycles. The standard InChI is InChI=1S/C8H13NO/c1-7(2)5-4-6-8(3)9-10/h4-5,8H,1,6H2,2-3H3/b5-4-/t8-/m1/s1. The minimum Gasteiger partial charge on any atom is -0.151 e. The first kappa shape index (κ1) is 9.08. The van der Waals surface area contributed by atoms with Crippen molar-refractivity contribution in [3.05, 3.63) is 29.2 Å². The normalized spacial score (nSPS) is 13.4. The summed E-state index contributed by atoms with van der Waals surface area (Å²) < 4.78 is 0. The van der Waals surface area contributed by atoms with Gasteiger partial charge in [0.05, 0.1) is 6.04 Å². The third kappa shape index (κ3) is 5.22. The minimum atomic E-state index is -0.115. The monoisotopic (exact) mass is 139 g/mol. The molecule has 0 heterocycles. The van der Waals surface area contributed by atoms with Crippen molar-refractivity contribution in [2.24, 2.45) is 5.18 Å². The van der Waals surface area contributed by atoms with Gasteiger partial charge in [0.1, 0.15) is 0 Å². The summed E-state index contributed by atoms with van der Waals surface area (Å²) in [7, 11) is 0. The lowest BCUT2D eigenvalue weighted by atomic mass is 10.2. The van der Waals surface area contributed by atoms with E-state index in [4.69, 9.17) is 0 Å². The molecule has 0 aliphatic rings. The van der Waals surface area contributed by atoms with Gasteiger partial charge in [0.15, 0.2) is 0 Å². The van der Waals surface area contributed by atoms with Crippen LogP contribution in [0.15, 0.2) is 29.5 Å². The number of hydrogen-bond acceptors (Lipinski definition) is 2.